The monoisotopic (exact) mass is 372 g/mol. The normalized spacial score (nSPS) is 16.0. The number of urea groups is 1. The molecule has 1 aliphatic heterocycles. The molecule has 0 bridgehead atoms. The van der Waals surface area contributed by atoms with Gasteiger partial charge in [0.2, 0.25) is 0 Å². The fourth-order valence-electron chi connectivity index (χ4n) is 2.52. The van der Waals surface area contributed by atoms with Gasteiger partial charge in [0.25, 0.3) is 11.8 Å². The van der Waals surface area contributed by atoms with Crippen molar-refractivity contribution in [1.82, 2.24) is 5.32 Å². The maximum absolute atomic E-state index is 12.9. The van der Waals surface area contributed by atoms with E-state index in [-0.39, 0.29) is 11.3 Å². The first-order valence-electron chi connectivity index (χ1n) is 7.64. The van der Waals surface area contributed by atoms with Gasteiger partial charge in [-0.25, -0.2) is 9.69 Å². The number of nitrogens with one attached hydrogen (secondary N) is 1. The summed E-state index contributed by atoms with van der Waals surface area (Å²) in [6, 6.07) is 7.57. The fraction of sp³-hybridized carbons (Fsp3) is 0.167. The van der Waals surface area contributed by atoms with Gasteiger partial charge in [-0.15, -0.1) is 11.3 Å². The van der Waals surface area contributed by atoms with E-state index in [1.54, 1.807) is 18.2 Å². The lowest BCUT2D eigenvalue weighted by molar-refractivity contribution is -0.122. The lowest BCUT2D eigenvalue weighted by atomic mass is 10.1. The van der Waals surface area contributed by atoms with Crippen molar-refractivity contribution in [2.24, 2.45) is 0 Å². The highest BCUT2D eigenvalue weighted by atomic mass is 32.1. The smallest absolute Gasteiger partial charge is 0.336 e. The van der Waals surface area contributed by atoms with E-state index in [1.165, 1.54) is 37.7 Å². The molecule has 3 rings (SSSR count). The van der Waals surface area contributed by atoms with E-state index in [0.717, 1.165) is 14.7 Å². The summed E-state index contributed by atoms with van der Waals surface area (Å²) in [5.74, 6) is -0.715. The van der Waals surface area contributed by atoms with Gasteiger partial charge in [-0.1, -0.05) is 0 Å². The molecule has 0 spiro atoms. The van der Waals surface area contributed by atoms with Crippen LogP contribution in [-0.2, 0) is 9.59 Å². The lowest BCUT2D eigenvalue weighted by Crippen LogP contribution is -2.54. The summed E-state index contributed by atoms with van der Waals surface area (Å²) in [6.45, 7) is 1.92. The summed E-state index contributed by atoms with van der Waals surface area (Å²) in [5.41, 5.74) is 0.0615. The molecular formula is C18H16N2O5S. The number of aryl methyl sites for hydroxylation is 1. The van der Waals surface area contributed by atoms with Crippen LogP contribution in [0.1, 0.15) is 9.75 Å². The van der Waals surface area contributed by atoms with Gasteiger partial charge in [0.05, 0.1) is 19.9 Å². The molecule has 4 amide bonds. The van der Waals surface area contributed by atoms with E-state index in [9.17, 15) is 14.4 Å². The molecular weight excluding hydrogens is 356 g/mol. The molecule has 0 saturated carbocycles. The van der Waals surface area contributed by atoms with Crippen molar-refractivity contribution in [3.8, 4) is 11.5 Å². The van der Waals surface area contributed by atoms with Crippen molar-refractivity contribution in [1.29, 1.82) is 0 Å². The number of nitrogens with zero attached hydrogens (tertiary/aromatic N) is 1. The van der Waals surface area contributed by atoms with Gasteiger partial charge in [0.1, 0.15) is 17.1 Å². The highest BCUT2D eigenvalue weighted by molar-refractivity contribution is 7.12. The van der Waals surface area contributed by atoms with Crippen LogP contribution in [-0.4, -0.2) is 32.1 Å². The highest BCUT2D eigenvalue weighted by Crippen LogP contribution is 2.34. The number of rotatable bonds is 4. The number of hydrogen-bond donors (Lipinski definition) is 1. The number of thiophene rings is 1. The molecule has 1 aliphatic rings. The van der Waals surface area contributed by atoms with E-state index >= 15 is 0 Å². The average molecular weight is 372 g/mol. The molecule has 1 aromatic heterocycles. The Morgan fingerprint density at radius 3 is 2.46 bits per heavy atom. The highest BCUT2D eigenvalue weighted by Gasteiger charge is 2.38. The molecule has 8 heteroatoms. The Hall–Kier alpha value is -3.13. The van der Waals surface area contributed by atoms with E-state index in [1.807, 2.05) is 13.0 Å². The number of hydrogen-bond acceptors (Lipinski definition) is 6. The summed E-state index contributed by atoms with van der Waals surface area (Å²) in [4.78, 5) is 40.1. The van der Waals surface area contributed by atoms with Crippen LogP contribution in [0.15, 0.2) is 35.9 Å². The van der Waals surface area contributed by atoms with E-state index < -0.39 is 17.8 Å². The Bertz CT molecular complexity index is 931. The molecule has 2 aromatic rings. The van der Waals surface area contributed by atoms with Crippen LogP contribution in [0.4, 0.5) is 10.5 Å². The minimum atomic E-state index is -0.842. The minimum absolute atomic E-state index is 0.128. The second kappa shape index (κ2) is 7.01. The Balaban J connectivity index is 2.07. The SMILES string of the molecule is COc1ccc(OC)c(N2C(=O)NC(=O)C(=Cc3ccc(C)s3)C2=O)c1. The summed E-state index contributed by atoms with van der Waals surface area (Å²) in [5, 5.41) is 2.19. The standard InChI is InChI=1S/C18H16N2O5S/c1-10-4-6-12(26-10)9-13-16(21)19-18(23)20(17(13)22)14-8-11(24-2)5-7-15(14)25-3/h4-9H,1-3H3,(H,19,21,23). The van der Waals surface area contributed by atoms with Gasteiger partial charge >= 0.3 is 6.03 Å². The fourth-order valence-corrected chi connectivity index (χ4v) is 3.34. The number of benzene rings is 1. The lowest BCUT2D eigenvalue weighted by Gasteiger charge is -2.27. The van der Waals surface area contributed by atoms with Crippen LogP contribution in [0.3, 0.4) is 0 Å². The summed E-state index contributed by atoms with van der Waals surface area (Å²) >= 11 is 1.44. The van der Waals surface area contributed by atoms with Gasteiger partial charge in [-0.3, -0.25) is 14.9 Å². The number of anilines is 1. The number of ether oxygens (including phenoxy) is 2. The van der Waals surface area contributed by atoms with Crippen LogP contribution < -0.4 is 19.7 Å². The van der Waals surface area contributed by atoms with Gasteiger partial charge in [0.15, 0.2) is 0 Å². The Labute approximate surface area is 153 Å². The van der Waals surface area contributed by atoms with Crippen molar-refractivity contribution >= 4 is 40.9 Å². The van der Waals surface area contributed by atoms with Crippen molar-refractivity contribution in [2.75, 3.05) is 19.1 Å². The molecule has 2 heterocycles. The third-order valence-corrected chi connectivity index (χ3v) is 4.72. The van der Waals surface area contributed by atoms with Crippen molar-refractivity contribution < 1.29 is 23.9 Å². The molecule has 0 atom stereocenters. The largest absolute Gasteiger partial charge is 0.497 e. The number of barbiturate groups is 1. The number of amides is 4. The zero-order valence-corrected chi connectivity index (χ0v) is 15.2. The zero-order valence-electron chi connectivity index (χ0n) is 14.4. The molecule has 0 aliphatic carbocycles. The molecule has 1 fully saturated rings. The topological polar surface area (TPSA) is 84.9 Å². The average Bonchev–Trinajstić information content (AvgIpc) is 3.03. The van der Waals surface area contributed by atoms with Crippen LogP contribution >= 0.6 is 11.3 Å². The first-order valence-corrected chi connectivity index (χ1v) is 8.46. The van der Waals surface area contributed by atoms with Gasteiger partial charge < -0.3 is 9.47 Å². The molecule has 0 radical (unpaired) electrons. The minimum Gasteiger partial charge on any atom is -0.497 e. The molecule has 26 heavy (non-hydrogen) atoms. The first kappa shape index (κ1) is 17.7. The molecule has 1 N–H and O–H groups in total. The summed E-state index contributed by atoms with van der Waals surface area (Å²) in [6.07, 6.45) is 1.47. The van der Waals surface area contributed by atoms with Crippen LogP contribution in [0.25, 0.3) is 6.08 Å². The molecule has 134 valence electrons. The zero-order chi connectivity index (χ0) is 18.8. The second-order valence-corrected chi connectivity index (χ2v) is 6.76. The number of imide groups is 2. The number of carbonyl (C=O) groups is 3. The van der Waals surface area contributed by atoms with Crippen LogP contribution in [0.2, 0.25) is 0 Å². The van der Waals surface area contributed by atoms with Crippen molar-refractivity contribution in [3.63, 3.8) is 0 Å². The van der Waals surface area contributed by atoms with Crippen LogP contribution in [0.5, 0.6) is 11.5 Å². The first-order chi connectivity index (χ1) is 12.4. The third-order valence-electron chi connectivity index (χ3n) is 3.78. The predicted molar refractivity (Wildman–Crippen MR) is 97.6 cm³/mol. The maximum Gasteiger partial charge on any atom is 0.336 e. The Morgan fingerprint density at radius 2 is 1.85 bits per heavy atom. The van der Waals surface area contributed by atoms with Gasteiger partial charge in [-0.2, -0.15) is 0 Å². The molecule has 1 aromatic carbocycles. The number of methoxy groups -OCH3 is 2. The Morgan fingerprint density at radius 1 is 1.08 bits per heavy atom. The van der Waals surface area contributed by atoms with E-state index in [0.29, 0.717) is 11.5 Å². The second-order valence-electron chi connectivity index (χ2n) is 5.44. The van der Waals surface area contributed by atoms with Crippen LogP contribution in [0, 0.1) is 6.92 Å². The third kappa shape index (κ3) is 3.18. The van der Waals surface area contributed by atoms with E-state index in [4.69, 9.17) is 9.47 Å². The van der Waals surface area contributed by atoms with Gasteiger partial charge in [-0.05, 0) is 37.3 Å². The molecule has 1 saturated heterocycles. The molecule has 0 unspecified atom stereocenters. The van der Waals surface area contributed by atoms with E-state index in [2.05, 4.69) is 5.32 Å². The van der Waals surface area contributed by atoms with Gasteiger partial charge in [0, 0.05) is 15.8 Å². The number of carbonyl (C=O) groups excluding carboxylic acids is 3. The maximum atomic E-state index is 12.9. The summed E-state index contributed by atoms with van der Waals surface area (Å²) in [7, 11) is 2.89. The van der Waals surface area contributed by atoms with Crippen molar-refractivity contribution in [3.05, 3.63) is 45.7 Å². The predicted octanol–water partition coefficient (Wildman–Crippen LogP) is 2.74. The van der Waals surface area contributed by atoms with Crippen molar-refractivity contribution in [2.45, 2.75) is 6.92 Å². The Kier molecular flexibility index (Phi) is 4.77. The quantitative estimate of drug-likeness (QED) is 0.659. The molecule has 7 nitrogen and oxygen atoms in total. The summed E-state index contributed by atoms with van der Waals surface area (Å²) < 4.78 is 10.4.